The predicted octanol–water partition coefficient (Wildman–Crippen LogP) is 4.01. The summed E-state index contributed by atoms with van der Waals surface area (Å²) in [6, 6.07) is 9.22. The Balaban J connectivity index is 1.18. The molecule has 2 aromatic carbocycles. The number of rotatable bonds is 8. The number of nitrogens with one attached hydrogen (secondary N) is 2. The van der Waals surface area contributed by atoms with Crippen LogP contribution in [-0.4, -0.2) is 78.5 Å². The normalized spacial score (nSPS) is 20.8. The third-order valence-electron chi connectivity index (χ3n) is 8.93. The lowest BCUT2D eigenvalue weighted by atomic mass is 9.96. The Morgan fingerprint density at radius 1 is 0.977 bits per heavy atom. The smallest absolute Gasteiger partial charge is 0.271 e. The van der Waals surface area contributed by atoms with Crippen LogP contribution < -0.4 is 26.2 Å². The number of piperidine rings is 1. The average Bonchev–Trinajstić information content (AvgIpc) is 3.85. The lowest BCUT2D eigenvalue weighted by Crippen LogP contribution is -2.54. The summed E-state index contributed by atoms with van der Waals surface area (Å²) in [5, 5.41) is 6.04. The molecule has 3 aliphatic rings. The second kappa shape index (κ2) is 12.4. The number of piperazine rings is 1. The standard InChI is InChI=1S/C32H38F2N8O2/c1-19-26(38-32(44)23-9-7-21(16-24(23)33)20-5-6-20)4-3-11-42(19)28-18-36-29(30(35)43)31(39-28)37-22-8-10-27(25(34)17-22)41-14-12-40(2)13-15-41/h7-10,16-20,26H,3-6,11-15H2,1-2H3,(H2,35,43)(H,37,39)(H,38,44)/t19-,26-/m1/s1. The van der Waals surface area contributed by atoms with Gasteiger partial charge in [0.15, 0.2) is 11.5 Å². The van der Waals surface area contributed by atoms with E-state index >= 15 is 4.39 Å². The molecule has 10 nitrogen and oxygen atoms in total. The topological polar surface area (TPSA) is 120 Å². The van der Waals surface area contributed by atoms with E-state index in [2.05, 4.69) is 25.5 Å². The molecule has 1 aromatic heterocycles. The number of primary amides is 1. The first-order chi connectivity index (χ1) is 21.2. The fraction of sp³-hybridized carbons (Fsp3) is 0.438. The second-order valence-electron chi connectivity index (χ2n) is 12.0. The first-order valence-electron chi connectivity index (χ1n) is 15.2. The van der Waals surface area contributed by atoms with Crippen LogP contribution in [0.3, 0.4) is 0 Å². The fourth-order valence-corrected chi connectivity index (χ4v) is 6.10. The second-order valence-corrected chi connectivity index (χ2v) is 12.0. The van der Waals surface area contributed by atoms with Crippen molar-refractivity contribution in [2.45, 2.75) is 50.6 Å². The summed E-state index contributed by atoms with van der Waals surface area (Å²) in [4.78, 5) is 40.5. The zero-order valence-corrected chi connectivity index (χ0v) is 25.0. The lowest BCUT2D eigenvalue weighted by Gasteiger charge is -2.40. The molecule has 3 fully saturated rings. The molecular weight excluding hydrogens is 566 g/mol. The first-order valence-corrected chi connectivity index (χ1v) is 15.2. The van der Waals surface area contributed by atoms with Gasteiger partial charge in [0.1, 0.15) is 17.5 Å². The molecule has 0 unspecified atom stereocenters. The summed E-state index contributed by atoms with van der Waals surface area (Å²) in [6.45, 7) is 5.77. The van der Waals surface area contributed by atoms with Gasteiger partial charge in [-0.1, -0.05) is 6.07 Å². The zero-order chi connectivity index (χ0) is 31.0. The van der Waals surface area contributed by atoms with Crippen LogP contribution >= 0.6 is 0 Å². The average molecular weight is 605 g/mol. The van der Waals surface area contributed by atoms with E-state index < -0.39 is 17.6 Å². The van der Waals surface area contributed by atoms with Crippen molar-refractivity contribution < 1.29 is 18.4 Å². The number of hydrogen-bond donors (Lipinski definition) is 3. The number of hydrogen-bond acceptors (Lipinski definition) is 8. The Bertz CT molecular complexity index is 1560. The number of aromatic nitrogens is 2. The van der Waals surface area contributed by atoms with Gasteiger partial charge in [-0.05, 0) is 81.5 Å². The predicted molar refractivity (Wildman–Crippen MR) is 166 cm³/mol. The number of nitrogens with zero attached hydrogens (tertiary/aromatic N) is 5. The number of carbonyl (C=O) groups is 2. The Labute approximate surface area is 255 Å². The molecule has 0 bridgehead atoms. The van der Waals surface area contributed by atoms with E-state index in [4.69, 9.17) is 5.73 Å². The monoisotopic (exact) mass is 604 g/mol. The van der Waals surface area contributed by atoms with Gasteiger partial charge in [0.25, 0.3) is 11.8 Å². The minimum atomic E-state index is -0.771. The minimum Gasteiger partial charge on any atom is -0.367 e. The molecule has 2 aliphatic heterocycles. The summed E-state index contributed by atoms with van der Waals surface area (Å²) in [6.07, 6.45) is 5.04. The highest BCUT2D eigenvalue weighted by Crippen LogP contribution is 2.40. The van der Waals surface area contributed by atoms with E-state index in [-0.39, 0.29) is 35.0 Å². The number of amides is 2. The maximum Gasteiger partial charge on any atom is 0.271 e. The van der Waals surface area contributed by atoms with Crippen LogP contribution in [0.2, 0.25) is 0 Å². The van der Waals surface area contributed by atoms with Crippen LogP contribution in [0.4, 0.5) is 31.8 Å². The highest BCUT2D eigenvalue weighted by molar-refractivity contribution is 5.96. The Morgan fingerprint density at radius 2 is 1.75 bits per heavy atom. The van der Waals surface area contributed by atoms with Crippen LogP contribution in [0, 0.1) is 11.6 Å². The van der Waals surface area contributed by atoms with E-state index in [1.807, 2.05) is 29.8 Å². The number of benzene rings is 2. The highest BCUT2D eigenvalue weighted by atomic mass is 19.1. The minimum absolute atomic E-state index is 0.0293. The van der Waals surface area contributed by atoms with Crippen molar-refractivity contribution in [3.05, 3.63) is 71.1 Å². The van der Waals surface area contributed by atoms with Gasteiger partial charge < -0.3 is 31.1 Å². The quantitative estimate of drug-likeness (QED) is 0.353. The Morgan fingerprint density at radius 3 is 2.43 bits per heavy atom. The maximum absolute atomic E-state index is 15.2. The van der Waals surface area contributed by atoms with Crippen molar-refractivity contribution in [3.63, 3.8) is 0 Å². The summed E-state index contributed by atoms with van der Waals surface area (Å²) >= 11 is 0. The molecular formula is C32H38F2N8O2. The van der Waals surface area contributed by atoms with Crippen molar-refractivity contribution in [1.82, 2.24) is 20.2 Å². The largest absolute Gasteiger partial charge is 0.367 e. The van der Waals surface area contributed by atoms with Gasteiger partial charge in [0, 0.05) is 50.5 Å². The van der Waals surface area contributed by atoms with E-state index in [0.717, 1.165) is 51.0 Å². The van der Waals surface area contributed by atoms with Gasteiger partial charge in [-0.25, -0.2) is 18.7 Å². The molecule has 2 atom stereocenters. The third-order valence-corrected chi connectivity index (χ3v) is 8.93. The van der Waals surface area contributed by atoms with Crippen molar-refractivity contribution >= 4 is 34.8 Å². The van der Waals surface area contributed by atoms with Crippen LogP contribution in [0.1, 0.15) is 64.9 Å². The van der Waals surface area contributed by atoms with Crippen LogP contribution in [0.15, 0.2) is 42.6 Å². The Kier molecular flexibility index (Phi) is 8.35. The molecule has 0 spiro atoms. The van der Waals surface area contributed by atoms with Gasteiger partial charge >= 0.3 is 0 Å². The van der Waals surface area contributed by atoms with Gasteiger partial charge in [-0.3, -0.25) is 9.59 Å². The van der Waals surface area contributed by atoms with E-state index in [9.17, 15) is 14.0 Å². The van der Waals surface area contributed by atoms with Crippen molar-refractivity contribution in [1.29, 1.82) is 0 Å². The fourth-order valence-electron chi connectivity index (χ4n) is 6.10. The van der Waals surface area contributed by atoms with Gasteiger partial charge in [-0.2, -0.15) is 0 Å². The lowest BCUT2D eigenvalue weighted by molar-refractivity contribution is 0.0919. The molecule has 2 saturated heterocycles. The molecule has 1 aliphatic carbocycles. The van der Waals surface area contributed by atoms with Crippen molar-refractivity contribution in [2.24, 2.45) is 5.73 Å². The molecule has 44 heavy (non-hydrogen) atoms. The number of anilines is 4. The molecule has 3 aromatic rings. The van der Waals surface area contributed by atoms with E-state index in [1.165, 1.54) is 18.3 Å². The number of likely N-dealkylation sites (N-methyl/N-ethyl adjacent to an activating group) is 1. The summed E-state index contributed by atoms with van der Waals surface area (Å²) < 4.78 is 30.0. The van der Waals surface area contributed by atoms with Crippen LogP contribution in [0.5, 0.6) is 0 Å². The highest BCUT2D eigenvalue weighted by Gasteiger charge is 2.32. The van der Waals surface area contributed by atoms with Gasteiger partial charge in [0.05, 0.1) is 17.4 Å². The molecule has 12 heteroatoms. The molecule has 232 valence electrons. The molecule has 0 radical (unpaired) electrons. The third kappa shape index (κ3) is 6.30. The number of carbonyl (C=O) groups excluding carboxylic acids is 2. The maximum atomic E-state index is 15.2. The Hall–Kier alpha value is -4.32. The van der Waals surface area contributed by atoms with Gasteiger partial charge in [0.2, 0.25) is 0 Å². The SMILES string of the molecule is C[C@@H]1[C@H](NC(=O)c2ccc(C3CC3)cc2F)CCCN1c1cnc(C(N)=O)c(Nc2ccc(N3CCN(C)CC3)c(F)c2)n1. The summed E-state index contributed by atoms with van der Waals surface area (Å²) in [7, 11) is 2.04. The molecule has 4 N–H and O–H groups in total. The van der Waals surface area contributed by atoms with Crippen LogP contribution in [0.25, 0.3) is 0 Å². The van der Waals surface area contributed by atoms with Crippen LogP contribution in [-0.2, 0) is 0 Å². The van der Waals surface area contributed by atoms with E-state index in [1.54, 1.807) is 18.2 Å². The molecule has 3 heterocycles. The van der Waals surface area contributed by atoms with E-state index in [0.29, 0.717) is 36.1 Å². The molecule has 1 saturated carbocycles. The number of halogens is 2. The zero-order valence-electron chi connectivity index (χ0n) is 25.0. The first kappa shape index (κ1) is 29.7. The summed E-state index contributed by atoms with van der Waals surface area (Å²) in [5.74, 6) is -1.14. The molecule has 6 rings (SSSR count). The number of nitrogens with two attached hydrogens (primary N) is 1. The molecule has 2 amide bonds. The summed E-state index contributed by atoms with van der Waals surface area (Å²) in [5.41, 5.74) is 7.42. The van der Waals surface area contributed by atoms with Crippen molar-refractivity contribution in [3.8, 4) is 0 Å². The van der Waals surface area contributed by atoms with Gasteiger partial charge in [-0.15, -0.1) is 0 Å². The van der Waals surface area contributed by atoms with Crippen molar-refractivity contribution in [2.75, 3.05) is 54.9 Å².